The molecule has 2 rings (SSSR count). The van der Waals surface area contributed by atoms with Crippen molar-refractivity contribution in [3.8, 4) is 5.75 Å². The van der Waals surface area contributed by atoms with E-state index in [2.05, 4.69) is 5.32 Å². The molecule has 94 valence electrons. The molecule has 1 unspecified atom stereocenters. The van der Waals surface area contributed by atoms with Gasteiger partial charge in [-0.05, 0) is 50.9 Å². The van der Waals surface area contributed by atoms with E-state index in [-0.39, 0.29) is 5.56 Å². The number of piperidine rings is 1. The van der Waals surface area contributed by atoms with Crippen LogP contribution in [0.2, 0.25) is 0 Å². The predicted octanol–water partition coefficient (Wildman–Crippen LogP) is 1.25. The van der Waals surface area contributed by atoms with E-state index >= 15 is 0 Å². The summed E-state index contributed by atoms with van der Waals surface area (Å²) in [6.07, 6.45) is 4.24. The fourth-order valence-electron chi connectivity index (χ4n) is 2.28. The Bertz CT molecular complexity index is 408. The molecule has 1 aliphatic rings. The van der Waals surface area contributed by atoms with Gasteiger partial charge in [0.2, 0.25) is 0 Å². The number of pyridine rings is 1. The summed E-state index contributed by atoms with van der Waals surface area (Å²) in [7, 11) is 0. The van der Waals surface area contributed by atoms with Crippen molar-refractivity contribution in [2.24, 2.45) is 5.92 Å². The van der Waals surface area contributed by atoms with Gasteiger partial charge in [-0.1, -0.05) is 0 Å². The summed E-state index contributed by atoms with van der Waals surface area (Å²) < 4.78 is 7.08. The van der Waals surface area contributed by atoms with Gasteiger partial charge in [-0.25, -0.2) is 0 Å². The molecule has 4 heteroatoms. The van der Waals surface area contributed by atoms with Gasteiger partial charge < -0.3 is 14.6 Å². The molecule has 1 fully saturated rings. The fourth-order valence-corrected chi connectivity index (χ4v) is 2.28. The van der Waals surface area contributed by atoms with Crippen molar-refractivity contribution in [1.29, 1.82) is 0 Å². The summed E-state index contributed by atoms with van der Waals surface area (Å²) in [5.74, 6) is 1.01. The average Bonchev–Trinajstić information content (AvgIpc) is 2.36. The second-order valence-corrected chi connectivity index (χ2v) is 4.48. The van der Waals surface area contributed by atoms with Crippen LogP contribution >= 0.6 is 0 Å². The second kappa shape index (κ2) is 5.87. The minimum absolute atomic E-state index is 0.0140. The third-order valence-electron chi connectivity index (χ3n) is 3.14. The van der Waals surface area contributed by atoms with E-state index in [4.69, 9.17) is 4.74 Å². The fraction of sp³-hybridized carbons (Fsp3) is 0.615. The first-order valence-corrected chi connectivity index (χ1v) is 6.34. The van der Waals surface area contributed by atoms with E-state index in [1.165, 1.54) is 12.8 Å². The quantitative estimate of drug-likeness (QED) is 0.855. The molecule has 1 N–H and O–H groups in total. The molecular formula is C13H20N2O2. The van der Waals surface area contributed by atoms with Crippen LogP contribution in [0, 0.1) is 5.92 Å². The van der Waals surface area contributed by atoms with E-state index in [0.29, 0.717) is 18.3 Å². The SMILES string of the molecule is CCOc1cccn(CC2CCCNC2)c1=O. The molecular weight excluding hydrogens is 216 g/mol. The van der Waals surface area contributed by atoms with E-state index in [1.54, 1.807) is 10.6 Å². The second-order valence-electron chi connectivity index (χ2n) is 4.48. The van der Waals surface area contributed by atoms with Gasteiger partial charge in [0, 0.05) is 12.7 Å². The number of ether oxygens (including phenoxy) is 1. The molecule has 1 aromatic rings. The Balaban J connectivity index is 2.09. The maximum Gasteiger partial charge on any atom is 0.292 e. The minimum Gasteiger partial charge on any atom is -0.488 e. The largest absolute Gasteiger partial charge is 0.488 e. The van der Waals surface area contributed by atoms with Gasteiger partial charge >= 0.3 is 0 Å². The number of nitrogens with zero attached hydrogens (tertiary/aromatic N) is 1. The van der Waals surface area contributed by atoms with Gasteiger partial charge in [-0.2, -0.15) is 0 Å². The van der Waals surface area contributed by atoms with Crippen molar-refractivity contribution < 1.29 is 4.74 Å². The van der Waals surface area contributed by atoms with Gasteiger partial charge in [0.05, 0.1) is 6.61 Å². The van der Waals surface area contributed by atoms with E-state index in [1.807, 2.05) is 19.2 Å². The van der Waals surface area contributed by atoms with Crippen LogP contribution in [0.1, 0.15) is 19.8 Å². The van der Waals surface area contributed by atoms with Gasteiger partial charge in [0.25, 0.3) is 5.56 Å². The smallest absolute Gasteiger partial charge is 0.292 e. The van der Waals surface area contributed by atoms with Crippen LogP contribution in [0.3, 0.4) is 0 Å². The molecule has 1 aliphatic heterocycles. The van der Waals surface area contributed by atoms with Gasteiger partial charge in [0.15, 0.2) is 5.75 Å². The van der Waals surface area contributed by atoms with E-state index in [0.717, 1.165) is 19.6 Å². The van der Waals surface area contributed by atoms with Crippen LogP contribution in [0.4, 0.5) is 0 Å². The zero-order valence-corrected chi connectivity index (χ0v) is 10.3. The maximum atomic E-state index is 12.1. The first-order valence-electron chi connectivity index (χ1n) is 6.34. The number of hydrogen-bond acceptors (Lipinski definition) is 3. The highest BCUT2D eigenvalue weighted by Gasteiger charge is 2.14. The van der Waals surface area contributed by atoms with Crippen molar-refractivity contribution in [2.45, 2.75) is 26.3 Å². The number of aromatic nitrogens is 1. The Hall–Kier alpha value is -1.29. The molecule has 0 spiro atoms. The zero-order valence-electron chi connectivity index (χ0n) is 10.3. The molecule has 1 saturated heterocycles. The highest BCUT2D eigenvalue weighted by Crippen LogP contribution is 2.12. The third-order valence-corrected chi connectivity index (χ3v) is 3.14. The lowest BCUT2D eigenvalue weighted by Gasteiger charge is -2.23. The Morgan fingerprint density at radius 2 is 2.47 bits per heavy atom. The molecule has 0 amide bonds. The Morgan fingerprint density at radius 3 is 3.18 bits per heavy atom. The highest BCUT2D eigenvalue weighted by atomic mass is 16.5. The monoisotopic (exact) mass is 236 g/mol. The standard InChI is InChI=1S/C13H20N2O2/c1-2-17-12-6-4-8-15(13(12)16)10-11-5-3-7-14-9-11/h4,6,8,11,14H,2-3,5,7,9-10H2,1H3. The minimum atomic E-state index is -0.0140. The third kappa shape index (κ3) is 3.09. The predicted molar refractivity (Wildman–Crippen MR) is 67.5 cm³/mol. The molecule has 0 aliphatic carbocycles. The Labute approximate surface area is 102 Å². The van der Waals surface area contributed by atoms with Crippen LogP contribution in [-0.4, -0.2) is 24.3 Å². The molecule has 1 aromatic heterocycles. The van der Waals surface area contributed by atoms with Crippen LogP contribution in [0.5, 0.6) is 5.75 Å². The maximum absolute atomic E-state index is 12.1. The zero-order chi connectivity index (χ0) is 12.1. The Kier molecular flexibility index (Phi) is 4.20. The molecule has 0 saturated carbocycles. The highest BCUT2D eigenvalue weighted by molar-refractivity contribution is 5.17. The van der Waals surface area contributed by atoms with Crippen molar-refractivity contribution in [1.82, 2.24) is 9.88 Å². The van der Waals surface area contributed by atoms with Gasteiger partial charge in [-0.15, -0.1) is 0 Å². The first kappa shape index (κ1) is 12.2. The molecule has 1 atom stereocenters. The lowest BCUT2D eigenvalue weighted by Crippen LogP contribution is -2.34. The van der Waals surface area contributed by atoms with Crippen molar-refractivity contribution in [3.63, 3.8) is 0 Å². The van der Waals surface area contributed by atoms with Gasteiger partial charge in [-0.3, -0.25) is 4.79 Å². The molecule has 0 aromatic carbocycles. The average molecular weight is 236 g/mol. The summed E-state index contributed by atoms with van der Waals surface area (Å²) in [6.45, 7) is 5.31. The summed E-state index contributed by atoms with van der Waals surface area (Å²) in [6, 6.07) is 3.62. The van der Waals surface area contributed by atoms with Crippen LogP contribution in [0.25, 0.3) is 0 Å². The molecule has 4 nitrogen and oxygen atoms in total. The lowest BCUT2D eigenvalue weighted by atomic mass is 10.00. The van der Waals surface area contributed by atoms with Crippen LogP contribution < -0.4 is 15.6 Å². The number of rotatable bonds is 4. The molecule has 2 heterocycles. The van der Waals surface area contributed by atoms with Crippen LogP contribution in [-0.2, 0) is 6.54 Å². The normalized spacial score (nSPS) is 20.2. The molecule has 0 bridgehead atoms. The summed E-state index contributed by atoms with van der Waals surface area (Å²) in [5.41, 5.74) is -0.0140. The van der Waals surface area contributed by atoms with Gasteiger partial charge in [0.1, 0.15) is 0 Å². The molecule has 17 heavy (non-hydrogen) atoms. The number of hydrogen-bond donors (Lipinski definition) is 1. The van der Waals surface area contributed by atoms with Crippen molar-refractivity contribution in [2.75, 3.05) is 19.7 Å². The summed E-state index contributed by atoms with van der Waals surface area (Å²) in [5, 5.41) is 3.37. The number of nitrogens with one attached hydrogen (secondary N) is 1. The Morgan fingerprint density at radius 1 is 1.59 bits per heavy atom. The summed E-state index contributed by atoms with van der Waals surface area (Å²) in [4.78, 5) is 12.1. The first-order chi connectivity index (χ1) is 8.31. The van der Waals surface area contributed by atoms with Crippen molar-refractivity contribution in [3.05, 3.63) is 28.7 Å². The van der Waals surface area contributed by atoms with Crippen molar-refractivity contribution >= 4 is 0 Å². The topological polar surface area (TPSA) is 43.3 Å². The van der Waals surface area contributed by atoms with Crippen LogP contribution in [0.15, 0.2) is 23.1 Å². The summed E-state index contributed by atoms with van der Waals surface area (Å²) >= 11 is 0. The lowest BCUT2D eigenvalue weighted by molar-refractivity contribution is 0.314. The van der Waals surface area contributed by atoms with E-state index in [9.17, 15) is 4.79 Å². The van der Waals surface area contributed by atoms with E-state index < -0.39 is 0 Å². The molecule has 0 radical (unpaired) electrons.